The van der Waals surface area contributed by atoms with Crippen LogP contribution in [0.4, 0.5) is 0 Å². The van der Waals surface area contributed by atoms with Crippen LogP contribution < -0.4 is 9.47 Å². The summed E-state index contributed by atoms with van der Waals surface area (Å²) in [6, 6.07) is 1.86. The number of ether oxygens (including phenoxy) is 2. The Balaban J connectivity index is 2.60. The van der Waals surface area contributed by atoms with Gasteiger partial charge in [-0.1, -0.05) is 6.08 Å². The van der Waals surface area contributed by atoms with Crippen molar-refractivity contribution in [1.82, 2.24) is 0 Å². The lowest BCUT2D eigenvalue weighted by atomic mass is 9.95. The fourth-order valence-electron chi connectivity index (χ4n) is 2.04. The standard InChI is InChI=1S/C14H16O4/c1-8-7-11(17-4)9(2)10-5-6-14(3,13(15)16)18-12(8)10/h5-7H,1-4H3,(H,15,16)/t14-/m1/s1. The third kappa shape index (κ3) is 1.74. The zero-order valence-corrected chi connectivity index (χ0v) is 10.9. The molecule has 4 nitrogen and oxygen atoms in total. The molecule has 2 rings (SSSR count). The van der Waals surface area contributed by atoms with Crippen molar-refractivity contribution < 1.29 is 19.4 Å². The highest BCUT2D eigenvalue weighted by Gasteiger charge is 2.36. The Kier molecular flexibility index (Phi) is 2.81. The zero-order valence-electron chi connectivity index (χ0n) is 10.9. The van der Waals surface area contributed by atoms with Gasteiger partial charge in [-0.05, 0) is 38.5 Å². The second-order valence-corrected chi connectivity index (χ2v) is 4.61. The molecule has 0 amide bonds. The van der Waals surface area contributed by atoms with Crippen LogP contribution in [0.2, 0.25) is 0 Å². The number of methoxy groups -OCH3 is 1. The molecule has 0 saturated carbocycles. The van der Waals surface area contributed by atoms with E-state index in [9.17, 15) is 9.90 Å². The van der Waals surface area contributed by atoms with Crippen LogP contribution in [-0.4, -0.2) is 23.8 Å². The van der Waals surface area contributed by atoms with E-state index in [1.165, 1.54) is 6.92 Å². The first kappa shape index (κ1) is 12.5. The van der Waals surface area contributed by atoms with Crippen LogP contribution in [-0.2, 0) is 4.79 Å². The van der Waals surface area contributed by atoms with Gasteiger partial charge in [0.05, 0.1) is 7.11 Å². The quantitative estimate of drug-likeness (QED) is 0.873. The summed E-state index contributed by atoms with van der Waals surface area (Å²) in [5, 5.41) is 9.18. The average Bonchev–Trinajstić information content (AvgIpc) is 2.33. The van der Waals surface area contributed by atoms with Gasteiger partial charge in [-0.25, -0.2) is 4.79 Å². The summed E-state index contributed by atoms with van der Waals surface area (Å²) in [6.45, 7) is 5.34. The van der Waals surface area contributed by atoms with Crippen LogP contribution in [0.1, 0.15) is 23.6 Å². The lowest BCUT2D eigenvalue weighted by Gasteiger charge is -2.30. The molecule has 1 heterocycles. The molecule has 0 aliphatic carbocycles. The molecule has 0 radical (unpaired) electrons. The number of carboxylic acids is 1. The van der Waals surface area contributed by atoms with Gasteiger partial charge >= 0.3 is 5.97 Å². The number of fused-ring (bicyclic) bond motifs is 1. The molecule has 1 N–H and O–H groups in total. The van der Waals surface area contributed by atoms with Gasteiger partial charge in [0, 0.05) is 11.1 Å². The van der Waals surface area contributed by atoms with Crippen molar-refractivity contribution in [2.45, 2.75) is 26.4 Å². The fraction of sp³-hybridized carbons (Fsp3) is 0.357. The van der Waals surface area contributed by atoms with E-state index in [0.29, 0.717) is 5.75 Å². The third-order valence-electron chi connectivity index (χ3n) is 3.25. The Labute approximate surface area is 106 Å². The van der Waals surface area contributed by atoms with E-state index in [0.717, 1.165) is 22.4 Å². The van der Waals surface area contributed by atoms with Gasteiger partial charge < -0.3 is 14.6 Å². The van der Waals surface area contributed by atoms with Crippen molar-refractivity contribution >= 4 is 12.0 Å². The Morgan fingerprint density at radius 1 is 1.44 bits per heavy atom. The van der Waals surface area contributed by atoms with Crippen LogP contribution in [0.3, 0.4) is 0 Å². The van der Waals surface area contributed by atoms with E-state index >= 15 is 0 Å². The maximum atomic E-state index is 11.2. The minimum absolute atomic E-state index is 0.612. The summed E-state index contributed by atoms with van der Waals surface area (Å²) in [5.74, 6) is 0.386. The third-order valence-corrected chi connectivity index (χ3v) is 3.25. The van der Waals surface area contributed by atoms with Gasteiger partial charge in [-0.3, -0.25) is 0 Å². The highest BCUT2D eigenvalue weighted by Crippen LogP contribution is 2.39. The molecule has 0 unspecified atom stereocenters. The number of hydrogen-bond donors (Lipinski definition) is 1. The molecule has 0 bridgehead atoms. The number of hydrogen-bond acceptors (Lipinski definition) is 3. The Hall–Kier alpha value is -1.97. The van der Waals surface area contributed by atoms with Crippen LogP contribution in [0.25, 0.3) is 6.08 Å². The minimum Gasteiger partial charge on any atom is -0.496 e. The molecular formula is C14H16O4. The summed E-state index contributed by atoms with van der Waals surface area (Å²) in [7, 11) is 1.61. The van der Waals surface area contributed by atoms with E-state index < -0.39 is 11.6 Å². The van der Waals surface area contributed by atoms with Crippen molar-refractivity contribution in [2.75, 3.05) is 7.11 Å². The average molecular weight is 248 g/mol. The molecule has 1 aromatic carbocycles. The van der Waals surface area contributed by atoms with E-state index in [4.69, 9.17) is 9.47 Å². The van der Waals surface area contributed by atoms with Crippen molar-refractivity contribution in [1.29, 1.82) is 0 Å². The SMILES string of the molecule is COc1cc(C)c2c(c1C)C=C[C@](C)(C(=O)O)O2. The number of carbonyl (C=O) groups is 1. The number of carboxylic acid groups (broad SMARTS) is 1. The van der Waals surface area contributed by atoms with Crippen molar-refractivity contribution in [3.8, 4) is 11.5 Å². The molecule has 18 heavy (non-hydrogen) atoms. The van der Waals surface area contributed by atoms with Crippen LogP contribution in [0.15, 0.2) is 12.1 Å². The van der Waals surface area contributed by atoms with Gasteiger partial charge in [-0.2, -0.15) is 0 Å². The smallest absolute Gasteiger partial charge is 0.351 e. The maximum absolute atomic E-state index is 11.2. The number of rotatable bonds is 2. The molecule has 1 aliphatic heterocycles. The van der Waals surface area contributed by atoms with Gasteiger partial charge in [0.25, 0.3) is 0 Å². The predicted octanol–water partition coefficient (Wildman–Crippen LogP) is 2.56. The Morgan fingerprint density at radius 3 is 2.67 bits per heavy atom. The first-order chi connectivity index (χ1) is 8.39. The monoisotopic (exact) mass is 248 g/mol. The van der Waals surface area contributed by atoms with E-state index in [-0.39, 0.29) is 0 Å². The minimum atomic E-state index is -1.31. The second kappa shape index (κ2) is 4.05. The normalized spacial score (nSPS) is 21.1. The van der Waals surface area contributed by atoms with Crippen molar-refractivity contribution in [3.05, 3.63) is 28.8 Å². The molecule has 96 valence electrons. The summed E-state index contributed by atoms with van der Waals surface area (Å²) < 4.78 is 10.9. The molecule has 0 fully saturated rings. The summed E-state index contributed by atoms with van der Waals surface area (Å²) in [4.78, 5) is 11.2. The predicted molar refractivity (Wildman–Crippen MR) is 68.2 cm³/mol. The largest absolute Gasteiger partial charge is 0.496 e. The summed E-state index contributed by atoms with van der Waals surface area (Å²) in [5.41, 5.74) is 1.38. The zero-order chi connectivity index (χ0) is 13.5. The Morgan fingerprint density at radius 2 is 2.11 bits per heavy atom. The topological polar surface area (TPSA) is 55.8 Å². The second-order valence-electron chi connectivity index (χ2n) is 4.61. The lowest BCUT2D eigenvalue weighted by molar-refractivity contribution is -0.149. The molecule has 0 spiro atoms. The summed E-state index contributed by atoms with van der Waals surface area (Å²) >= 11 is 0. The van der Waals surface area contributed by atoms with E-state index in [2.05, 4.69) is 0 Å². The molecule has 4 heteroatoms. The fourth-order valence-corrected chi connectivity index (χ4v) is 2.04. The van der Waals surface area contributed by atoms with Crippen molar-refractivity contribution in [2.24, 2.45) is 0 Å². The highest BCUT2D eigenvalue weighted by atomic mass is 16.5. The number of aryl methyl sites for hydroxylation is 1. The van der Waals surface area contributed by atoms with Gasteiger partial charge in [0.15, 0.2) is 0 Å². The first-order valence-electron chi connectivity index (χ1n) is 5.69. The maximum Gasteiger partial charge on any atom is 0.351 e. The molecule has 1 aromatic rings. The van der Waals surface area contributed by atoms with Crippen LogP contribution in [0, 0.1) is 13.8 Å². The first-order valence-corrected chi connectivity index (χ1v) is 5.69. The Bertz CT molecular complexity index is 545. The van der Waals surface area contributed by atoms with E-state index in [1.54, 1.807) is 19.3 Å². The van der Waals surface area contributed by atoms with E-state index in [1.807, 2.05) is 19.9 Å². The molecule has 1 aliphatic rings. The van der Waals surface area contributed by atoms with Crippen molar-refractivity contribution in [3.63, 3.8) is 0 Å². The molecule has 0 saturated heterocycles. The molecular weight excluding hydrogens is 232 g/mol. The highest BCUT2D eigenvalue weighted by molar-refractivity contribution is 5.84. The molecule has 0 aromatic heterocycles. The van der Waals surface area contributed by atoms with Gasteiger partial charge in [-0.15, -0.1) is 0 Å². The summed E-state index contributed by atoms with van der Waals surface area (Å²) in [6.07, 6.45) is 3.35. The lowest BCUT2D eigenvalue weighted by Crippen LogP contribution is -2.41. The molecule has 1 atom stereocenters. The van der Waals surface area contributed by atoms with Gasteiger partial charge in [0.1, 0.15) is 11.5 Å². The van der Waals surface area contributed by atoms with Crippen LogP contribution >= 0.6 is 0 Å². The van der Waals surface area contributed by atoms with Gasteiger partial charge in [0.2, 0.25) is 5.60 Å². The number of benzene rings is 1. The number of aliphatic carboxylic acids is 1. The van der Waals surface area contributed by atoms with Crippen LogP contribution in [0.5, 0.6) is 11.5 Å².